The summed E-state index contributed by atoms with van der Waals surface area (Å²) < 4.78 is 0. The molecule has 1 saturated carbocycles. The monoisotopic (exact) mass is 286 g/mol. The van der Waals surface area contributed by atoms with Gasteiger partial charge >= 0.3 is 0 Å². The molecule has 1 heterocycles. The third kappa shape index (κ3) is 4.82. The second-order valence-electron chi connectivity index (χ2n) is 6.28. The lowest BCUT2D eigenvalue weighted by Gasteiger charge is -2.23. The van der Waals surface area contributed by atoms with Gasteiger partial charge in [-0.25, -0.2) is 0 Å². The van der Waals surface area contributed by atoms with Gasteiger partial charge in [0.05, 0.1) is 5.70 Å². The number of hydrogen-bond acceptors (Lipinski definition) is 3. The molecular weight excluding hydrogens is 260 g/mol. The highest BCUT2D eigenvalue weighted by molar-refractivity contribution is 5.32. The molecule has 3 nitrogen and oxygen atoms in total. The molecule has 2 aliphatic rings. The molecule has 0 aromatic heterocycles. The zero-order valence-corrected chi connectivity index (χ0v) is 13.3. The third-order valence-corrected chi connectivity index (χ3v) is 4.70. The van der Waals surface area contributed by atoms with Crippen molar-refractivity contribution in [1.82, 2.24) is 4.90 Å². The summed E-state index contributed by atoms with van der Waals surface area (Å²) in [4.78, 5) is 13.0. The van der Waals surface area contributed by atoms with Gasteiger partial charge < -0.3 is 4.90 Å². The van der Waals surface area contributed by atoms with Gasteiger partial charge in [0.25, 0.3) is 0 Å². The molecule has 2 fully saturated rings. The van der Waals surface area contributed by atoms with Crippen LogP contribution in [0.15, 0.2) is 28.6 Å². The number of nitroso groups, excluding NO2 is 1. The second-order valence-corrected chi connectivity index (χ2v) is 6.28. The molecule has 2 rings (SSSR count). The first-order chi connectivity index (χ1) is 10.2. The van der Waals surface area contributed by atoms with E-state index in [9.17, 15) is 4.91 Å². The van der Waals surface area contributed by atoms with E-state index in [-0.39, 0.29) is 0 Å². The van der Waals surface area contributed by atoms with E-state index in [1.165, 1.54) is 38.8 Å². The number of nitrogens with zero attached hydrogens (tertiary/aromatic N) is 2. The van der Waals surface area contributed by atoms with E-state index in [1.54, 1.807) is 13.0 Å². The molecule has 1 aliphatic heterocycles. The van der Waals surface area contributed by atoms with Crippen LogP contribution in [0.5, 0.6) is 0 Å². The molecule has 0 radical (unpaired) electrons. The van der Waals surface area contributed by atoms with E-state index in [4.69, 9.17) is 0 Å². The lowest BCUT2D eigenvalue weighted by atomic mass is 9.82. The first-order valence-electron chi connectivity index (χ1n) is 8.09. The number of hydrogen-bond donors (Lipinski definition) is 0. The van der Waals surface area contributed by atoms with E-state index in [2.05, 4.69) is 21.9 Å². The predicted octanol–water partition coefficient (Wildman–Crippen LogP) is 4.12. The SMILES string of the molecule is CC#C/C(=C\C=C(/C)N=O)CCN1CC2CCCCC2C1. The summed E-state index contributed by atoms with van der Waals surface area (Å²) in [5.74, 6) is 7.98. The maximum Gasteiger partial charge on any atom is 0.0818 e. The van der Waals surface area contributed by atoms with Gasteiger partial charge in [0.2, 0.25) is 0 Å². The van der Waals surface area contributed by atoms with Crippen LogP contribution in [0.2, 0.25) is 0 Å². The summed E-state index contributed by atoms with van der Waals surface area (Å²) in [6.07, 6.45) is 10.3. The Morgan fingerprint density at radius 2 is 1.90 bits per heavy atom. The van der Waals surface area contributed by atoms with Crippen molar-refractivity contribution in [3.63, 3.8) is 0 Å². The normalized spacial score (nSPS) is 27.0. The first-order valence-corrected chi connectivity index (χ1v) is 8.09. The zero-order chi connectivity index (χ0) is 15.1. The van der Waals surface area contributed by atoms with Crippen molar-refractivity contribution in [2.24, 2.45) is 17.0 Å². The van der Waals surface area contributed by atoms with Crippen LogP contribution >= 0.6 is 0 Å². The quantitative estimate of drug-likeness (QED) is 0.433. The van der Waals surface area contributed by atoms with Gasteiger partial charge in [-0.2, -0.15) is 0 Å². The molecule has 1 saturated heterocycles. The van der Waals surface area contributed by atoms with Gasteiger partial charge in [-0.15, -0.1) is 10.8 Å². The molecule has 0 spiro atoms. The summed E-state index contributed by atoms with van der Waals surface area (Å²) in [7, 11) is 0. The van der Waals surface area contributed by atoms with E-state index in [0.29, 0.717) is 5.70 Å². The molecular formula is C18H26N2O. The lowest BCUT2D eigenvalue weighted by molar-refractivity contribution is 0.299. The average Bonchev–Trinajstić information content (AvgIpc) is 2.92. The van der Waals surface area contributed by atoms with Crippen LogP contribution in [-0.2, 0) is 0 Å². The molecule has 0 N–H and O–H groups in total. The summed E-state index contributed by atoms with van der Waals surface area (Å²) >= 11 is 0. The van der Waals surface area contributed by atoms with Gasteiger partial charge in [0.1, 0.15) is 0 Å². The first kappa shape index (κ1) is 16.0. The minimum atomic E-state index is 0.498. The van der Waals surface area contributed by atoms with Crippen LogP contribution in [0, 0.1) is 28.6 Å². The van der Waals surface area contributed by atoms with Gasteiger partial charge in [-0.3, -0.25) is 0 Å². The maximum absolute atomic E-state index is 10.4. The molecule has 2 atom stereocenters. The van der Waals surface area contributed by atoms with Crippen LogP contribution in [0.1, 0.15) is 46.0 Å². The Bertz CT molecular complexity index is 467. The summed E-state index contributed by atoms with van der Waals surface area (Å²) in [5, 5.41) is 2.92. The number of allylic oxidation sites excluding steroid dienone is 3. The smallest absolute Gasteiger partial charge is 0.0818 e. The van der Waals surface area contributed by atoms with E-state index < -0.39 is 0 Å². The van der Waals surface area contributed by atoms with Crippen LogP contribution < -0.4 is 0 Å². The van der Waals surface area contributed by atoms with Crippen LogP contribution in [0.3, 0.4) is 0 Å². The fourth-order valence-corrected chi connectivity index (χ4v) is 3.56. The van der Waals surface area contributed by atoms with Gasteiger partial charge in [0.15, 0.2) is 0 Å². The molecule has 3 heteroatoms. The lowest BCUT2D eigenvalue weighted by Crippen LogP contribution is -2.22. The van der Waals surface area contributed by atoms with Crippen molar-refractivity contribution in [1.29, 1.82) is 0 Å². The zero-order valence-electron chi connectivity index (χ0n) is 13.3. The summed E-state index contributed by atoms with van der Waals surface area (Å²) in [6.45, 7) is 7.18. The van der Waals surface area contributed by atoms with E-state index >= 15 is 0 Å². The van der Waals surface area contributed by atoms with Crippen molar-refractivity contribution >= 4 is 0 Å². The number of fused-ring (bicyclic) bond motifs is 1. The highest BCUT2D eigenvalue weighted by Crippen LogP contribution is 2.36. The van der Waals surface area contributed by atoms with E-state index in [1.807, 2.05) is 13.0 Å². The van der Waals surface area contributed by atoms with Gasteiger partial charge in [-0.1, -0.05) is 18.8 Å². The van der Waals surface area contributed by atoms with Crippen molar-refractivity contribution < 1.29 is 0 Å². The highest BCUT2D eigenvalue weighted by Gasteiger charge is 2.33. The molecule has 2 unspecified atom stereocenters. The molecule has 0 aromatic carbocycles. The van der Waals surface area contributed by atoms with Crippen molar-refractivity contribution in [3.8, 4) is 11.8 Å². The largest absolute Gasteiger partial charge is 0.302 e. The summed E-state index contributed by atoms with van der Waals surface area (Å²) in [6, 6.07) is 0. The van der Waals surface area contributed by atoms with Gasteiger partial charge in [0, 0.05) is 25.2 Å². The second kappa shape index (κ2) is 8.14. The van der Waals surface area contributed by atoms with E-state index in [0.717, 1.165) is 30.4 Å². The Labute approximate surface area is 128 Å². The van der Waals surface area contributed by atoms with Crippen molar-refractivity contribution in [2.75, 3.05) is 19.6 Å². The Morgan fingerprint density at radius 1 is 1.24 bits per heavy atom. The molecule has 0 aromatic rings. The predicted molar refractivity (Wildman–Crippen MR) is 87.6 cm³/mol. The van der Waals surface area contributed by atoms with Gasteiger partial charge in [-0.05, 0) is 62.3 Å². The Kier molecular flexibility index (Phi) is 6.20. The molecule has 1 aliphatic carbocycles. The minimum Gasteiger partial charge on any atom is -0.302 e. The Balaban J connectivity index is 1.87. The highest BCUT2D eigenvalue weighted by atomic mass is 16.3. The maximum atomic E-state index is 10.4. The Hall–Kier alpha value is -1.40. The fourth-order valence-electron chi connectivity index (χ4n) is 3.56. The molecule has 21 heavy (non-hydrogen) atoms. The van der Waals surface area contributed by atoms with Crippen LogP contribution in [0.25, 0.3) is 0 Å². The van der Waals surface area contributed by atoms with Crippen molar-refractivity contribution in [3.05, 3.63) is 28.3 Å². The summed E-state index contributed by atoms with van der Waals surface area (Å²) in [5.41, 5.74) is 1.59. The number of likely N-dealkylation sites (tertiary alicyclic amines) is 1. The fraction of sp³-hybridized carbons (Fsp3) is 0.667. The third-order valence-electron chi connectivity index (χ3n) is 4.70. The van der Waals surface area contributed by atoms with Crippen LogP contribution in [0.4, 0.5) is 0 Å². The van der Waals surface area contributed by atoms with Crippen LogP contribution in [-0.4, -0.2) is 24.5 Å². The Morgan fingerprint density at radius 3 is 2.48 bits per heavy atom. The average molecular weight is 286 g/mol. The van der Waals surface area contributed by atoms with Crippen molar-refractivity contribution in [2.45, 2.75) is 46.0 Å². The number of rotatable bonds is 5. The molecule has 0 bridgehead atoms. The topological polar surface area (TPSA) is 32.7 Å². The standard InChI is InChI=1S/C18H26N2O/c1-3-6-16(10-9-15(2)19-21)11-12-20-13-17-7-4-5-8-18(17)14-20/h9-10,17-18H,4-5,7-8,11-14H2,1-2H3/b15-9+,16-10+. The molecule has 0 amide bonds. The minimum absolute atomic E-state index is 0.498. The molecule has 114 valence electrons.